The van der Waals surface area contributed by atoms with Gasteiger partial charge in [0.2, 0.25) is 0 Å². The van der Waals surface area contributed by atoms with E-state index in [-0.39, 0.29) is 0 Å². The number of benzene rings is 2. The average molecular weight is 466 g/mol. The molecule has 0 heterocycles. The quantitative estimate of drug-likeness (QED) is 0.618. The molecule has 2 aromatic rings. The maximum atomic E-state index is 5.29. The second-order valence-corrected chi connectivity index (χ2v) is 6.02. The number of methoxy groups -OCH3 is 2. The van der Waals surface area contributed by atoms with Crippen LogP contribution in [-0.4, -0.2) is 14.2 Å². The zero-order valence-electron chi connectivity index (χ0n) is 10.0. The van der Waals surface area contributed by atoms with E-state index in [0.29, 0.717) is 0 Å². The van der Waals surface area contributed by atoms with Gasteiger partial charge in [-0.25, -0.2) is 0 Å². The van der Waals surface area contributed by atoms with E-state index in [1.165, 1.54) is 18.3 Å². The molecule has 0 aliphatic heterocycles. The highest BCUT2D eigenvalue weighted by Gasteiger charge is 2.09. The summed E-state index contributed by atoms with van der Waals surface area (Å²) in [5, 5.41) is 0. The lowest BCUT2D eigenvalue weighted by atomic mass is 10.1. The number of hydrogen-bond acceptors (Lipinski definition) is 2. The minimum absolute atomic E-state index is 0.865. The molecule has 0 N–H and O–H groups in total. The van der Waals surface area contributed by atoms with Crippen LogP contribution in [0.1, 0.15) is 0 Å². The third-order valence-electron chi connectivity index (χ3n) is 2.64. The Hall–Kier alpha value is -0.500. The van der Waals surface area contributed by atoms with Crippen molar-refractivity contribution in [1.29, 1.82) is 0 Å². The predicted octanol–water partition coefficient (Wildman–Crippen LogP) is 4.58. The molecule has 2 nitrogen and oxygen atoms in total. The Balaban J connectivity index is 2.60. The lowest BCUT2D eigenvalue weighted by Crippen LogP contribution is -1.91. The molecular weight excluding hydrogens is 454 g/mol. The lowest BCUT2D eigenvalue weighted by molar-refractivity contribution is 0.414. The number of hydrogen-bond donors (Lipinski definition) is 0. The van der Waals surface area contributed by atoms with E-state index in [9.17, 15) is 0 Å². The molecule has 0 aromatic heterocycles. The van der Waals surface area contributed by atoms with Gasteiger partial charge in [0.15, 0.2) is 0 Å². The molecule has 18 heavy (non-hydrogen) atoms. The van der Waals surface area contributed by atoms with Crippen molar-refractivity contribution in [1.82, 2.24) is 0 Å². The minimum atomic E-state index is 0.865. The maximum absolute atomic E-state index is 5.29. The summed E-state index contributed by atoms with van der Waals surface area (Å²) in [5.74, 6) is 1.73. The summed E-state index contributed by atoms with van der Waals surface area (Å²) < 4.78 is 13.0. The van der Waals surface area contributed by atoms with Crippen LogP contribution >= 0.6 is 45.2 Å². The van der Waals surface area contributed by atoms with Crippen LogP contribution in [-0.2, 0) is 0 Å². The predicted molar refractivity (Wildman–Crippen MR) is 90.4 cm³/mol. The van der Waals surface area contributed by atoms with Crippen LogP contribution in [0.4, 0.5) is 0 Å². The summed E-state index contributed by atoms with van der Waals surface area (Å²) in [6.07, 6.45) is 0. The second-order valence-electron chi connectivity index (χ2n) is 3.69. The fourth-order valence-electron chi connectivity index (χ4n) is 1.68. The highest BCUT2D eigenvalue weighted by Crippen LogP contribution is 2.34. The zero-order chi connectivity index (χ0) is 13.1. The van der Waals surface area contributed by atoms with Crippen LogP contribution in [0.25, 0.3) is 11.1 Å². The molecule has 0 amide bonds. The molecule has 0 saturated carbocycles. The Morgan fingerprint density at radius 2 is 1.11 bits per heavy atom. The zero-order valence-corrected chi connectivity index (χ0v) is 14.4. The molecule has 0 bridgehead atoms. The van der Waals surface area contributed by atoms with Crippen molar-refractivity contribution in [3.8, 4) is 22.6 Å². The first-order valence-corrected chi connectivity index (χ1v) is 7.49. The van der Waals surface area contributed by atoms with E-state index in [2.05, 4.69) is 69.4 Å². The van der Waals surface area contributed by atoms with Gasteiger partial charge in [0.25, 0.3) is 0 Å². The highest BCUT2D eigenvalue weighted by molar-refractivity contribution is 14.1. The van der Waals surface area contributed by atoms with Gasteiger partial charge < -0.3 is 9.47 Å². The fraction of sp³-hybridized carbons (Fsp3) is 0.143. The van der Waals surface area contributed by atoms with Crippen LogP contribution in [0, 0.1) is 7.14 Å². The molecule has 0 aliphatic rings. The summed E-state index contributed by atoms with van der Waals surface area (Å²) >= 11 is 4.68. The first-order chi connectivity index (χ1) is 8.65. The number of ether oxygens (including phenoxy) is 2. The highest BCUT2D eigenvalue weighted by atomic mass is 127. The van der Waals surface area contributed by atoms with Crippen molar-refractivity contribution in [3.63, 3.8) is 0 Å². The van der Waals surface area contributed by atoms with E-state index >= 15 is 0 Å². The van der Waals surface area contributed by atoms with Crippen LogP contribution < -0.4 is 9.47 Å². The number of rotatable bonds is 3. The molecular formula is C14H12I2O2. The molecule has 0 saturated heterocycles. The molecule has 4 heteroatoms. The summed E-state index contributed by atoms with van der Waals surface area (Å²) in [4.78, 5) is 0. The lowest BCUT2D eigenvalue weighted by Gasteiger charge is -2.11. The van der Waals surface area contributed by atoms with Gasteiger partial charge in [0.1, 0.15) is 11.5 Å². The third kappa shape index (κ3) is 2.90. The standard InChI is InChI=1S/C14H12I2O2/c1-17-9-3-5-13(15)11(7-9)12-8-10(18-2)4-6-14(12)16/h3-8H,1-2H3. The Labute approximate surface area is 134 Å². The molecule has 0 spiro atoms. The monoisotopic (exact) mass is 466 g/mol. The molecule has 0 fully saturated rings. The molecule has 2 rings (SSSR count). The van der Waals surface area contributed by atoms with Crippen molar-refractivity contribution in [2.75, 3.05) is 14.2 Å². The summed E-state index contributed by atoms with van der Waals surface area (Å²) in [6, 6.07) is 12.2. The maximum Gasteiger partial charge on any atom is 0.119 e. The number of halogens is 2. The van der Waals surface area contributed by atoms with Gasteiger partial charge >= 0.3 is 0 Å². The summed E-state index contributed by atoms with van der Waals surface area (Å²) in [6.45, 7) is 0. The average Bonchev–Trinajstić information content (AvgIpc) is 2.40. The van der Waals surface area contributed by atoms with Crippen molar-refractivity contribution in [2.24, 2.45) is 0 Å². The van der Waals surface area contributed by atoms with Crippen LogP contribution in [0.15, 0.2) is 36.4 Å². The molecule has 94 valence electrons. The van der Waals surface area contributed by atoms with Crippen molar-refractivity contribution >= 4 is 45.2 Å². The second kappa shape index (κ2) is 6.10. The Bertz CT molecular complexity index is 516. The molecule has 2 aromatic carbocycles. The molecule has 0 unspecified atom stereocenters. The summed E-state index contributed by atoms with van der Waals surface area (Å²) in [5.41, 5.74) is 2.33. The van der Waals surface area contributed by atoms with E-state index in [4.69, 9.17) is 9.47 Å². The van der Waals surface area contributed by atoms with Crippen molar-refractivity contribution in [2.45, 2.75) is 0 Å². The Morgan fingerprint density at radius 1 is 0.722 bits per heavy atom. The Kier molecular flexibility index (Phi) is 4.71. The van der Waals surface area contributed by atoms with Crippen LogP contribution in [0.3, 0.4) is 0 Å². The van der Waals surface area contributed by atoms with Gasteiger partial charge in [0.05, 0.1) is 14.2 Å². The fourth-order valence-corrected chi connectivity index (χ4v) is 2.93. The van der Waals surface area contributed by atoms with Gasteiger partial charge in [-0.05, 0) is 92.7 Å². The van der Waals surface area contributed by atoms with Gasteiger partial charge in [-0.1, -0.05) is 0 Å². The molecule has 0 atom stereocenters. The van der Waals surface area contributed by atoms with Crippen molar-refractivity contribution < 1.29 is 9.47 Å². The topological polar surface area (TPSA) is 18.5 Å². The molecule has 0 aliphatic carbocycles. The van der Waals surface area contributed by atoms with E-state index < -0.39 is 0 Å². The smallest absolute Gasteiger partial charge is 0.119 e. The van der Waals surface area contributed by atoms with Gasteiger partial charge in [-0.2, -0.15) is 0 Å². The first-order valence-electron chi connectivity index (χ1n) is 5.33. The molecule has 0 radical (unpaired) electrons. The third-order valence-corrected chi connectivity index (χ3v) is 4.52. The summed E-state index contributed by atoms with van der Waals surface area (Å²) in [7, 11) is 3.37. The first kappa shape index (κ1) is 13.9. The SMILES string of the molecule is COc1ccc(I)c(-c2cc(OC)ccc2I)c1. The van der Waals surface area contributed by atoms with Crippen LogP contribution in [0.5, 0.6) is 11.5 Å². The van der Waals surface area contributed by atoms with Crippen LogP contribution in [0.2, 0.25) is 0 Å². The van der Waals surface area contributed by atoms with E-state index in [1.807, 2.05) is 12.1 Å². The van der Waals surface area contributed by atoms with E-state index in [1.54, 1.807) is 14.2 Å². The Morgan fingerprint density at radius 3 is 1.44 bits per heavy atom. The van der Waals surface area contributed by atoms with Gasteiger partial charge in [-0.3, -0.25) is 0 Å². The largest absolute Gasteiger partial charge is 0.497 e. The van der Waals surface area contributed by atoms with E-state index in [0.717, 1.165) is 11.5 Å². The van der Waals surface area contributed by atoms with Gasteiger partial charge in [0, 0.05) is 7.14 Å². The minimum Gasteiger partial charge on any atom is -0.497 e. The van der Waals surface area contributed by atoms with Crippen molar-refractivity contribution in [3.05, 3.63) is 43.5 Å². The normalized spacial score (nSPS) is 10.2. The van der Waals surface area contributed by atoms with Gasteiger partial charge in [-0.15, -0.1) is 0 Å².